The number of nitrogens with one attached hydrogen (secondary N) is 2. The van der Waals surface area contributed by atoms with Crippen LogP contribution < -0.4 is 20.3 Å². The number of aliphatic hydroxyl groups excluding tert-OH is 1. The number of aromatic nitrogens is 4. The molecular weight excluding hydrogens is 814 g/mol. The summed E-state index contributed by atoms with van der Waals surface area (Å²) in [5.74, 6) is -0.239. The number of ether oxygens (including phenoxy) is 4. The van der Waals surface area contributed by atoms with Gasteiger partial charge in [0.2, 0.25) is 18.4 Å². The lowest BCUT2D eigenvalue weighted by molar-refractivity contribution is -0.119. The highest BCUT2D eigenvalue weighted by Gasteiger charge is 2.52. The number of carbonyl (C=O) groups is 1. The molecule has 0 radical (unpaired) electrons. The van der Waals surface area contributed by atoms with Crippen LogP contribution in [0.1, 0.15) is 64.5 Å². The molecule has 1 fully saturated rings. The molecule has 1 amide bonds. The van der Waals surface area contributed by atoms with Crippen molar-refractivity contribution >= 4 is 31.5 Å². The third kappa shape index (κ3) is 9.85. The van der Waals surface area contributed by atoms with Gasteiger partial charge in [-0.25, -0.2) is 16.2 Å². The molecule has 16 nitrogen and oxygen atoms in total. The van der Waals surface area contributed by atoms with E-state index in [0.29, 0.717) is 11.5 Å². The van der Waals surface area contributed by atoms with Gasteiger partial charge in [0.15, 0.2) is 17.4 Å². The second-order valence-electron chi connectivity index (χ2n) is 15.7. The van der Waals surface area contributed by atoms with Crippen molar-refractivity contribution in [2.45, 2.75) is 77.7 Å². The minimum absolute atomic E-state index is 0.0102. The molecule has 1 aliphatic rings. The minimum atomic E-state index is -1.68. The van der Waals surface area contributed by atoms with Gasteiger partial charge in [0.05, 0.1) is 39.9 Å². The van der Waals surface area contributed by atoms with Crippen molar-refractivity contribution in [1.29, 1.82) is 0 Å². The van der Waals surface area contributed by atoms with Crippen LogP contribution in [0.3, 0.4) is 0 Å². The molecule has 330 valence electrons. The van der Waals surface area contributed by atoms with Gasteiger partial charge in [0.25, 0.3) is 14.1 Å². The Balaban J connectivity index is 1.54. The van der Waals surface area contributed by atoms with Gasteiger partial charge in [-0.2, -0.15) is 4.98 Å². The smallest absolute Gasteiger partial charge is 0.280 e. The average Bonchev–Trinajstić information content (AvgIpc) is 3.85. The zero-order valence-electron chi connectivity index (χ0n) is 36.3. The number of nitrogens with zero attached hydrogens (tertiary/aromatic N) is 5. The lowest BCUT2D eigenvalue weighted by Crippen LogP contribution is -2.43. The maximum atomic E-state index is 13.5. The van der Waals surface area contributed by atoms with Gasteiger partial charge < -0.3 is 37.9 Å². The number of fused-ring (bicyclic) bond motifs is 1. The molecule has 3 aromatic carbocycles. The van der Waals surface area contributed by atoms with Gasteiger partial charge >= 0.3 is 0 Å². The van der Waals surface area contributed by atoms with Crippen LogP contribution in [0.5, 0.6) is 11.5 Å². The van der Waals surface area contributed by atoms with Gasteiger partial charge in [-0.1, -0.05) is 68.4 Å². The maximum Gasteiger partial charge on any atom is 0.280 e. The van der Waals surface area contributed by atoms with Crippen LogP contribution >= 0.6 is 8.53 Å². The Morgan fingerprint density at radius 3 is 2.08 bits per heavy atom. The summed E-state index contributed by atoms with van der Waals surface area (Å²) in [7, 11) is 1.53. The molecule has 0 saturated carbocycles. The third-order valence-electron chi connectivity index (χ3n) is 10.7. The van der Waals surface area contributed by atoms with E-state index in [1.54, 1.807) is 32.6 Å². The number of rotatable bonds is 20. The number of methoxy groups -OCH3 is 2. The van der Waals surface area contributed by atoms with E-state index in [9.17, 15) is 14.7 Å². The number of hydrogen-bond donors (Lipinski definition) is 3. The number of aliphatic hydroxyl groups is 1. The average molecular weight is 870 g/mol. The van der Waals surface area contributed by atoms with Crippen molar-refractivity contribution < 1.29 is 37.9 Å². The molecule has 5 aromatic rings. The molecule has 17 heteroatoms. The Hall–Kier alpha value is -5.24. The zero-order chi connectivity index (χ0) is 44.6. The summed E-state index contributed by atoms with van der Waals surface area (Å²) < 4.78 is 42.3. The summed E-state index contributed by atoms with van der Waals surface area (Å²) in [6, 6.07) is 25.0. The van der Waals surface area contributed by atoms with E-state index in [-0.39, 0.29) is 60.8 Å². The monoisotopic (exact) mass is 869 g/mol. The topological polar surface area (TPSA) is 176 Å². The van der Waals surface area contributed by atoms with Gasteiger partial charge in [-0.05, 0) is 68.7 Å². The predicted molar refractivity (Wildman–Crippen MR) is 236 cm³/mol. The van der Waals surface area contributed by atoms with E-state index < -0.39 is 50.6 Å². The molecule has 1 saturated heterocycles. The summed E-state index contributed by atoms with van der Waals surface area (Å²) in [6.45, 7) is 18.9. The lowest BCUT2D eigenvalue weighted by Gasteiger charge is -2.40. The molecule has 0 aliphatic carbocycles. The van der Waals surface area contributed by atoms with Crippen LogP contribution in [0.25, 0.3) is 16.0 Å². The Kier molecular flexibility index (Phi) is 15.5. The SMILES string of the molecule is [C-]#[N+]CCOP(OCC1OC(n2cnc3c(=O)[nH]c(NC(=O)C(C)C)nc32)C(OC(c2ccccc2)(c2ccc(OC)cc2)c2ccc(OC)cc2)C1CO)N(C(C)C)C(C)C. The summed E-state index contributed by atoms with van der Waals surface area (Å²) in [5, 5.41) is 14.2. The second kappa shape index (κ2) is 20.8. The number of amides is 1. The van der Waals surface area contributed by atoms with E-state index in [1.807, 2.05) is 78.9 Å². The molecule has 3 heterocycles. The van der Waals surface area contributed by atoms with Crippen LogP contribution in [0.2, 0.25) is 0 Å². The van der Waals surface area contributed by atoms with Crippen molar-refractivity contribution in [2.24, 2.45) is 11.8 Å². The first-order valence-corrected chi connectivity index (χ1v) is 21.7. The predicted octanol–water partition coefficient (Wildman–Crippen LogP) is 6.91. The molecule has 2 aromatic heterocycles. The first-order valence-electron chi connectivity index (χ1n) is 20.6. The number of H-pyrrole nitrogens is 1. The van der Waals surface area contributed by atoms with E-state index in [1.165, 1.54) is 6.33 Å². The standard InChI is InChI=1S/C45H56N7O9P/c1-28(2)41(54)49-44-48-40-38(42(55)50-44)47-27-51(40)43-39(36(25-53)37(60-43)26-59-62(58-24-23-46-7)52(29(3)4)30(5)6)61-45(31-13-11-10-12-14-31,32-15-19-34(56-8)20-16-32)33-17-21-35(57-9)22-18-33/h10-22,27-30,36-37,39,43,53H,23-26H2,1-6,8-9H3,(H2,48,49,50,54,55). The number of benzene rings is 3. The zero-order valence-corrected chi connectivity index (χ0v) is 37.2. The molecule has 5 unspecified atom stereocenters. The number of aromatic amines is 1. The number of imidazole rings is 1. The van der Waals surface area contributed by atoms with Crippen LogP contribution in [-0.2, 0) is 28.9 Å². The Morgan fingerprint density at radius 2 is 1.55 bits per heavy atom. The first kappa shape index (κ1) is 46.3. The third-order valence-corrected chi connectivity index (χ3v) is 12.7. The molecule has 1 aliphatic heterocycles. The van der Waals surface area contributed by atoms with Gasteiger partial charge in [-0.15, -0.1) is 0 Å². The van der Waals surface area contributed by atoms with Crippen molar-refractivity contribution in [3.63, 3.8) is 0 Å². The lowest BCUT2D eigenvalue weighted by atomic mass is 9.79. The largest absolute Gasteiger partial charge is 0.497 e. The highest BCUT2D eigenvalue weighted by atomic mass is 31.2. The summed E-state index contributed by atoms with van der Waals surface area (Å²) in [4.78, 5) is 41.5. The Bertz CT molecular complexity index is 2280. The number of anilines is 1. The van der Waals surface area contributed by atoms with E-state index in [0.717, 1.165) is 16.7 Å². The Labute approximate surface area is 363 Å². The van der Waals surface area contributed by atoms with Crippen LogP contribution in [0.15, 0.2) is 90.0 Å². The van der Waals surface area contributed by atoms with Crippen molar-refractivity contribution in [1.82, 2.24) is 24.2 Å². The number of carbonyl (C=O) groups excluding carboxylic acids is 1. The van der Waals surface area contributed by atoms with Gasteiger partial charge in [-0.3, -0.25) is 24.5 Å². The molecule has 5 atom stereocenters. The fourth-order valence-electron chi connectivity index (χ4n) is 7.65. The van der Waals surface area contributed by atoms with Crippen LogP contribution in [0, 0.1) is 18.4 Å². The van der Waals surface area contributed by atoms with Gasteiger partial charge in [0, 0.05) is 23.9 Å². The van der Waals surface area contributed by atoms with Gasteiger partial charge in [0.1, 0.15) is 29.8 Å². The summed E-state index contributed by atoms with van der Waals surface area (Å²) >= 11 is 0. The maximum absolute atomic E-state index is 13.5. The molecule has 6 rings (SSSR count). The molecule has 0 spiro atoms. The molecular formula is C45H56N7O9P. The second-order valence-corrected chi connectivity index (χ2v) is 17.2. The fraction of sp³-hybridized carbons (Fsp3) is 0.444. The fourth-order valence-corrected chi connectivity index (χ4v) is 9.25. The number of hydrogen-bond acceptors (Lipinski definition) is 12. The highest BCUT2D eigenvalue weighted by Crippen LogP contribution is 2.50. The summed E-state index contributed by atoms with van der Waals surface area (Å²) in [5.41, 5.74) is 0.478. The van der Waals surface area contributed by atoms with E-state index in [4.69, 9.17) is 34.6 Å². The minimum Gasteiger partial charge on any atom is -0.497 e. The van der Waals surface area contributed by atoms with Crippen molar-refractivity contribution in [3.8, 4) is 11.5 Å². The van der Waals surface area contributed by atoms with E-state index >= 15 is 0 Å². The quantitative estimate of drug-likeness (QED) is 0.0320. The Morgan fingerprint density at radius 1 is 0.952 bits per heavy atom. The normalized spacial score (nSPS) is 18.5. The molecule has 3 N–H and O–H groups in total. The van der Waals surface area contributed by atoms with E-state index in [2.05, 4.69) is 57.5 Å². The molecule has 0 bridgehead atoms. The molecule has 62 heavy (non-hydrogen) atoms. The van der Waals surface area contributed by atoms with Crippen molar-refractivity contribution in [2.75, 3.05) is 45.9 Å². The van der Waals surface area contributed by atoms with Crippen LogP contribution in [-0.4, -0.2) is 100 Å². The van der Waals surface area contributed by atoms with Crippen LogP contribution in [0.4, 0.5) is 5.95 Å². The summed E-state index contributed by atoms with van der Waals surface area (Å²) in [6.07, 6.45) is -1.39. The van der Waals surface area contributed by atoms with Crippen molar-refractivity contribution in [3.05, 3.63) is 124 Å². The highest BCUT2D eigenvalue weighted by molar-refractivity contribution is 7.44. The first-order chi connectivity index (χ1) is 29.9.